The van der Waals surface area contributed by atoms with Crippen LogP contribution in [0.15, 0.2) is 59.0 Å². The third kappa shape index (κ3) is 2.23. The molecule has 0 atom stereocenters. The third-order valence-electron chi connectivity index (χ3n) is 3.70. The average Bonchev–Trinajstić information content (AvgIpc) is 3.10. The maximum absolute atomic E-state index is 11.8. The fourth-order valence-electron chi connectivity index (χ4n) is 2.61. The van der Waals surface area contributed by atoms with E-state index in [-0.39, 0.29) is 11.8 Å². The van der Waals surface area contributed by atoms with Gasteiger partial charge >= 0.3 is 0 Å². The summed E-state index contributed by atoms with van der Waals surface area (Å²) in [4.78, 5) is 29.1. The van der Waals surface area contributed by atoms with Crippen LogP contribution < -0.4 is 4.90 Å². The molecule has 112 valence electrons. The molecular formula is C18H12N2O3. The van der Waals surface area contributed by atoms with Crippen LogP contribution in [0.1, 0.15) is 5.56 Å². The molecule has 0 N–H and O–H groups in total. The van der Waals surface area contributed by atoms with Crippen molar-refractivity contribution in [1.82, 2.24) is 4.98 Å². The Labute approximate surface area is 131 Å². The lowest BCUT2D eigenvalue weighted by molar-refractivity contribution is -0.119. The molecule has 1 aliphatic rings. The molecule has 2 heterocycles. The van der Waals surface area contributed by atoms with Gasteiger partial charge in [-0.3, -0.25) is 9.59 Å². The van der Waals surface area contributed by atoms with Crippen molar-refractivity contribution in [2.24, 2.45) is 0 Å². The van der Waals surface area contributed by atoms with Gasteiger partial charge in [0.05, 0.1) is 5.69 Å². The van der Waals surface area contributed by atoms with Gasteiger partial charge in [0.1, 0.15) is 5.52 Å². The van der Waals surface area contributed by atoms with Crippen molar-refractivity contribution in [2.45, 2.75) is 6.92 Å². The Kier molecular flexibility index (Phi) is 2.87. The standard InChI is InChI=1S/C18H12N2O3/c1-11-3-2-4-12(9-11)18-19-14-10-13(5-6-15(14)23-18)20-16(21)7-8-17(20)22/h2-10H,1H3. The highest BCUT2D eigenvalue weighted by atomic mass is 16.3. The largest absolute Gasteiger partial charge is 0.436 e. The molecule has 5 heteroatoms. The van der Waals surface area contributed by atoms with Gasteiger partial charge in [0.2, 0.25) is 5.89 Å². The van der Waals surface area contributed by atoms with Crippen LogP contribution in [-0.2, 0) is 9.59 Å². The summed E-state index contributed by atoms with van der Waals surface area (Å²) in [5, 5.41) is 0. The second-order valence-corrected chi connectivity index (χ2v) is 5.39. The zero-order chi connectivity index (χ0) is 16.0. The first-order valence-corrected chi connectivity index (χ1v) is 7.15. The number of oxazole rings is 1. The molecular weight excluding hydrogens is 292 g/mol. The molecule has 1 aromatic heterocycles. The number of rotatable bonds is 2. The Hall–Kier alpha value is -3.21. The van der Waals surface area contributed by atoms with Crippen LogP contribution in [0.3, 0.4) is 0 Å². The summed E-state index contributed by atoms with van der Waals surface area (Å²) >= 11 is 0. The molecule has 0 aliphatic carbocycles. The number of fused-ring (bicyclic) bond motifs is 1. The molecule has 0 radical (unpaired) electrons. The summed E-state index contributed by atoms with van der Waals surface area (Å²) in [6, 6.07) is 12.9. The van der Waals surface area contributed by atoms with Gasteiger partial charge in [0.15, 0.2) is 5.58 Å². The lowest BCUT2D eigenvalue weighted by atomic mass is 10.1. The lowest BCUT2D eigenvalue weighted by Crippen LogP contribution is -2.29. The van der Waals surface area contributed by atoms with E-state index in [2.05, 4.69) is 4.98 Å². The van der Waals surface area contributed by atoms with E-state index in [1.807, 2.05) is 31.2 Å². The number of hydrogen-bond donors (Lipinski definition) is 0. The molecule has 1 aliphatic heterocycles. The monoisotopic (exact) mass is 304 g/mol. The fraction of sp³-hybridized carbons (Fsp3) is 0.0556. The minimum absolute atomic E-state index is 0.350. The Bertz CT molecular complexity index is 967. The number of imide groups is 1. The third-order valence-corrected chi connectivity index (χ3v) is 3.70. The minimum atomic E-state index is -0.350. The first kappa shape index (κ1) is 13.5. The number of amides is 2. The van der Waals surface area contributed by atoms with Crippen LogP contribution in [0.4, 0.5) is 5.69 Å². The van der Waals surface area contributed by atoms with Crippen molar-refractivity contribution in [3.05, 3.63) is 60.2 Å². The van der Waals surface area contributed by atoms with Gasteiger partial charge in [-0.15, -0.1) is 0 Å². The van der Waals surface area contributed by atoms with Crippen molar-refractivity contribution in [3.63, 3.8) is 0 Å². The maximum atomic E-state index is 11.8. The number of hydrogen-bond acceptors (Lipinski definition) is 4. The smallest absolute Gasteiger partial charge is 0.258 e. The number of anilines is 1. The Morgan fingerprint density at radius 2 is 1.78 bits per heavy atom. The number of benzene rings is 2. The zero-order valence-corrected chi connectivity index (χ0v) is 12.3. The van der Waals surface area contributed by atoms with Crippen LogP contribution in [0, 0.1) is 6.92 Å². The highest BCUT2D eigenvalue weighted by molar-refractivity contribution is 6.28. The van der Waals surface area contributed by atoms with Crippen molar-refractivity contribution in [3.8, 4) is 11.5 Å². The molecule has 0 fully saturated rings. The number of aryl methyl sites for hydroxylation is 1. The SMILES string of the molecule is Cc1cccc(-c2nc3cc(N4C(=O)C=CC4=O)ccc3o2)c1. The van der Waals surface area contributed by atoms with Crippen LogP contribution in [0.2, 0.25) is 0 Å². The molecule has 0 unspecified atom stereocenters. The predicted molar refractivity (Wildman–Crippen MR) is 85.8 cm³/mol. The van der Waals surface area contributed by atoms with Gasteiger partial charge in [-0.25, -0.2) is 9.88 Å². The average molecular weight is 304 g/mol. The second-order valence-electron chi connectivity index (χ2n) is 5.39. The van der Waals surface area contributed by atoms with Gasteiger partial charge in [0, 0.05) is 17.7 Å². The van der Waals surface area contributed by atoms with Gasteiger partial charge < -0.3 is 4.42 Å². The van der Waals surface area contributed by atoms with Crippen molar-refractivity contribution < 1.29 is 14.0 Å². The summed E-state index contributed by atoms with van der Waals surface area (Å²) < 4.78 is 5.77. The van der Waals surface area contributed by atoms with Crippen LogP contribution in [-0.4, -0.2) is 16.8 Å². The minimum Gasteiger partial charge on any atom is -0.436 e. The van der Waals surface area contributed by atoms with Crippen molar-refractivity contribution >= 4 is 28.6 Å². The number of aromatic nitrogens is 1. The van der Waals surface area contributed by atoms with E-state index in [4.69, 9.17) is 4.42 Å². The van der Waals surface area contributed by atoms with E-state index in [0.29, 0.717) is 22.7 Å². The van der Waals surface area contributed by atoms with E-state index in [1.165, 1.54) is 12.2 Å². The topological polar surface area (TPSA) is 63.4 Å². The number of carbonyl (C=O) groups excluding carboxylic acids is 2. The molecule has 5 nitrogen and oxygen atoms in total. The Balaban J connectivity index is 1.78. The zero-order valence-electron chi connectivity index (χ0n) is 12.3. The van der Waals surface area contributed by atoms with Crippen LogP contribution >= 0.6 is 0 Å². The van der Waals surface area contributed by atoms with Crippen molar-refractivity contribution in [1.29, 1.82) is 0 Å². The summed E-state index contributed by atoms with van der Waals surface area (Å²) in [6.07, 6.45) is 2.51. The maximum Gasteiger partial charge on any atom is 0.258 e. The van der Waals surface area contributed by atoms with Crippen LogP contribution in [0.5, 0.6) is 0 Å². The molecule has 0 spiro atoms. The predicted octanol–water partition coefficient (Wildman–Crippen LogP) is 3.23. The van der Waals surface area contributed by atoms with E-state index >= 15 is 0 Å². The highest BCUT2D eigenvalue weighted by Crippen LogP contribution is 2.28. The highest BCUT2D eigenvalue weighted by Gasteiger charge is 2.25. The number of carbonyl (C=O) groups is 2. The second kappa shape index (κ2) is 4.91. The molecule has 23 heavy (non-hydrogen) atoms. The first-order chi connectivity index (χ1) is 11.1. The molecule has 0 saturated carbocycles. The molecule has 3 aromatic rings. The summed E-state index contributed by atoms with van der Waals surface area (Å²) in [7, 11) is 0. The van der Waals surface area contributed by atoms with Gasteiger partial charge in [-0.2, -0.15) is 0 Å². The van der Waals surface area contributed by atoms with Gasteiger partial charge in [0.25, 0.3) is 11.8 Å². The molecule has 2 amide bonds. The van der Waals surface area contributed by atoms with Gasteiger partial charge in [-0.05, 0) is 37.3 Å². The van der Waals surface area contributed by atoms with E-state index < -0.39 is 0 Å². The van der Waals surface area contributed by atoms with Crippen molar-refractivity contribution in [2.75, 3.05) is 4.90 Å². The quantitative estimate of drug-likeness (QED) is 0.682. The normalized spacial score (nSPS) is 14.2. The van der Waals surface area contributed by atoms with E-state index in [0.717, 1.165) is 16.0 Å². The number of nitrogens with zero attached hydrogens (tertiary/aromatic N) is 2. The van der Waals surface area contributed by atoms with Gasteiger partial charge in [-0.1, -0.05) is 17.7 Å². The first-order valence-electron chi connectivity index (χ1n) is 7.15. The summed E-state index contributed by atoms with van der Waals surface area (Å²) in [5.74, 6) is -0.188. The summed E-state index contributed by atoms with van der Waals surface area (Å²) in [6.45, 7) is 2.00. The van der Waals surface area contributed by atoms with E-state index in [9.17, 15) is 9.59 Å². The Morgan fingerprint density at radius 1 is 1.00 bits per heavy atom. The molecule has 0 bridgehead atoms. The van der Waals surface area contributed by atoms with E-state index in [1.54, 1.807) is 18.2 Å². The lowest BCUT2D eigenvalue weighted by Gasteiger charge is -2.12. The molecule has 2 aromatic carbocycles. The van der Waals surface area contributed by atoms with Crippen LogP contribution in [0.25, 0.3) is 22.6 Å². The molecule has 0 saturated heterocycles. The fourth-order valence-corrected chi connectivity index (χ4v) is 2.61. The molecule has 4 rings (SSSR count). The Morgan fingerprint density at radius 3 is 2.52 bits per heavy atom. The summed E-state index contributed by atoms with van der Waals surface area (Å²) in [5.41, 5.74) is 3.70.